The smallest absolute Gasteiger partial charge is 0.350 e. The minimum atomic E-state index is -4.76. The van der Waals surface area contributed by atoms with Gasteiger partial charge >= 0.3 is 12.1 Å². The van der Waals surface area contributed by atoms with E-state index >= 15 is 0 Å². The van der Waals surface area contributed by atoms with Gasteiger partial charge < -0.3 is 19.6 Å². The summed E-state index contributed by atoms with van der Waals surface area (Å²) in [6, 6.07) is 22.7. The highest BCUT2D eigenvalue weighted by Gasteiger charge is 2.38. The van der Waals surface area contributed by atoms with Crippen molar-refractivity contribution in [3.63, 3.8) is 0 Å². The predicted octanol–water partition coefficient (Wildman–Crippen LogP) is 4.15. The van der Waals surface area contributed by atoms with Gasteiger partial charge in [-0.1, -0.05) is 53.7 Å². The summed E-state index contributed by atoms with van der Waals surface area (Å²) >= 11 is 0. The Morgan fingerprint density at radius 1 is 0.829 bits per heavy atom. The second kappa shape index (κ2) is 11.6. The lowest BCUT2D eigenvalue weighted by Crippen LogP contribution is -2.59. The predicted molar refractivity (Wildman–Crippen MR) is 141 cm³/mol. The molecule has 4 aromatic rings. The number of amides is 3. The highest BCUT2D eigenvalue weighted by molar-refractivity contribution is 5.97. The molecule has 41 heavy (non-hydrogen) atoms. The highest BCUT2D eigenvalue weighted by atomic mass is 19.4. The zero-order chi connectivity index (χ0) is 29.0. The summed E-state index contributed by atoms with van der Waals surface area (Å²) in [5, 5.41) is 6.16. The van der Waals surface area contributed by atoms with E-state index in [0.717, 1.165) is 0 Å². The van der Waals surface area contributed by atoms with E-state index in [1.807, 2.05) is 12.1 Å². The first-order valence-corrected chi connectivity index (χ1v) is 12.7. The van der Waals surface area contributed by atoms with Crippen molar-refractivity contribution >= 4 is 17.7 Å². The fraction of sp³-hybridized carbons (Fsp3) is 0.207. The first kappa shape index (κ1) is 27.6. The minimum Gasteiger partial charge on any atom is -0.350 e. The van der Waals surface area contributed by atoms with Gasteiger partial charge in [0.1, 0.15) is 0 Å². The number of benzene rings is 3. The topological polar surface area (TPSA) is 109 Å². The van der Waals surface area contributed by atoms with Gasteiger partial charge in [0.05, 0.1) is 6.04 Å². The third kappa shape index (κ3) is 6.26. The molecular weight excluding hydrogens is 539 g/mol. The number of nitrogens with one attached hydrogen (secondary N) is 1. The van der Waals surface area contributed by atoms with Gasteiger partial charge in [0.2, 0.25) is 5.82 Å². The van der Waals surface area contributed by atoms with E-state index in [9.17, 15) is 27.6 Å². The molecule has 1 aliphatic rings. The zero-order valence-electron chi connectivity index (χ0n) is 21.5. The first-order valence-electron chi connectivity index (χ1n) is 12.7. The van der Waals surface area contributed by atoms with Crippen molar-refractivity contribution in [2.75, 3.05) is 26.2 Å². The molecule has 0 spiro atoms. The summed E-state index contributed by atoms with van der Waals surface area (Å²) in [5.74, 6) is -2.56. The minimum absolute atomic E-state index is 0.0670. The Kier molecular flexibility index (Phi) is 7.81. The van der Waals surface area contributed by atoms with Gasteiger partial charge in [-0.2, -0.15) is 18.2 Å². The van der Waals surface area contributed by atoms with Gasteiger partial charge in [-0.05, 0) is 36.4 Å². The second-order valence-corrected chi connectivity index (χ2v) is 9.34. The van der Waals surface area contributed by atoms with Gasteiger partial charge in [0, 0.05) is 48.4 Å². The molecule has 9 nitrogen and oxygen atoms in total. The third-order valence-corrected chi connectivity index (χ3v) is 6.64. The van der Waals surface area contributed by atoms with Crippen LogP contribution in [0.5, 0.6) is 0 Å². The molecule has 0 saturated carbocycles. The van der Waals surface area contributed by atoms with Crippen LogP contribution in [0.4, 0.5) is 13.2 Å². The molecule has 5 rings (SSSR count). The Morgan fingerprint density at radius 2 is 1.44 bits per heavy atom. The Labute approximate surface area is 232 Å². The van der Waals surface area contributed by atoms with E-state index in [-0.39, 0.29) is 48.4 Å². The van der Waals surface area contributed by atoms with E-state index in [0.29, 0.717) is 17.7 Å². The number of carbonyl (C=O) groups is 3. The van der Waals surface area contributed by atoms with Crippen molar-refractivity contribution in [1.29, 1.82) is 0 Å². The molecule has 0 radical (unpaired) electrons. The Hall–Kier alpha value is -5.00. The van der Waals surface area contributed by atoms with E-state index in [1.165, 1.54) is 24.3 Å². The fourth-order valence-electron chi connectivity index (χ4n) is 4.53. The van der Waals surface area contributed by atoms with Gasteiger partial charge in [-0.15, -0.1) is 0 Å². The van der Waals surface area contributed by atoms with Crippen LogP contribution in [-0.2, 0) is 6.18 Å². The van der Waals surface area contributed by atoms with Crippen molar-refractivity contribution in [2.45, 2.75) is 12.2 Å². The van der Waals surface area contributed by atoms with Crippen molar-refractivity contribution in [2.24, 2.45) is 0 Å². The molecule has 1 aliphatic heterocycles. The number of hydrogen-bond donors (Lipinski definition) is 1. The largest absolute Gasteiger partial charge is 0.471 e. The number of hydrogen-bond acceptors (Lipinski definition) is 6. The third-order valence-electron chi connectivity index (χ3n) is 6.64. The average Bonchev–Trinajstić information content (AvgIpc) is 3.51. The van der Waals surface area contributed by atoms with Crippen molar-refractivity contribution < 1.29 is 32.1 Å². The van der Waals surface area contributed by atoms with Crippen LogP contribution in [0.25, 0.3) is 11.4 Å². The Bertz CT molecular complexity index is 1530. The summed E-state index contributed by atoms with van der Waals surface area (Å²) in [4.78, 5) is 46.1. The maximum Gasteiger partial charge on any atom is 0.471 e. The van der Waals surface area contributed by atoms with Gasteiger partial charge in [0.15, 0.2) is 0 Å². The Balaban J connectivity index is 1.29. The molecule has 1 unspecified atom stereocenters. The van der Waals surface area contributed by atoms with Gasteiger partial charge in [-0.25, -0.2) is 0 Å². The van der Waals surface area contributed by atoms with Crippen LogP contribution in [-0.4, -0.2) is 69.9 Å². The van der Waals surface area contributed by atoms with Crippen LogP contribution >= 0.6 is 0 Å². The molecule has 12 heteroatoms. The number of piperazine rings is 1. The first-order chi connectivity index (χ1) is 19.7. The molecule has 1 aromatic heterocycles. The molecule has 1 N–H and O–H groups in total. The number of aromatic nitrogens is 2. The molecule has 1 saturated heterocycles. The Morgan fingerprint density at radius 3 is 2.02 bits per heavy atom. The lowest BCUT2D eigenvalue weighted by Gasteiger charge is -2.41. The number of halogens is 3. The molecule has 0 aliphatic carbocycles. The highest BCUT2D eigenvalue weighted by Crippen LogP contribution is 2.29. The van der Waals surface area contributed by atoms with Crippen LogP contribution in [0.15, 0.2) is 89.5 Å². The van der Waals surface area contributed by atoms with Crippen LogP contribution in [0.3, 0.4) is 0 Å². The maximum atomic E-state index is 13.3. The van der Waals surface area contributed by atoms with E-state index in [4.69, 9.17) is 0 Å². The second-order valence-electron chi connectivity index (χ2n) is 9.34. The van der Waals surface area contributed by atoms with Crippen molar-refractivity contribution in [1.82, 2.24) is 25.3 Å². The number of alkyl halides is 3. The van der Waals surface area contributed by atoms with E-state index < -0.39 is 24.0 Å². The van der Waals surface area contributed by atoms with E-state index in [2.05, 4.69) is 20.0 Å². The van der Waals surface area contributed by atoms with Crippen LogP contribution in [0.1, 0.15) is 37.0 Å². The lowest BCUT2D eigenvalue weighted by molar-refractivity contribution is -0.159. The molecule has 210 valence electrons. The maximum absolute atomic E-state index is 13.3. The normalized spacial score (nSPS) is 15.4. The molecule has 1 atom stereocenters. The summed E-state index contributed by atoms with van der Waals surface area (Å²) < 4.78 is 42.5. The lowest BCUT2D eigenvalue weighted by atomic mass is 10.1. The fourth-order valence-corrected chi connectivity index (χ4v) is 4.53. The van der Waals surface area contributed by atoms with Crippen molar-refractivity contribution in [3.8, 4) is 11.4 Å². The molecule has 1 fully saturated rings. The summed E-state index contributed by atoms with van der Waals surface area (Å²) in [6.07, 6.45) is -4.76. The number of rotatable bonds is 6. The zero-order valence-corrected chi connectivity index (χ0v) is 21.5. The monoisotopic (exact) mass is 563 g/mol. The summed E-state index contributed by atoms with van der Waals surface area (Å²) in [6.45, 7) is 0.902. The number of carbonyl (C=O) groups excluding carboxylic acids is 3. The SMILES string of the molecule is O=C(NCC1CN(C(=O)c2ccccc2)CCN1C(=O)c1ccccc1)c1ccc(-c2noc(C(F)(F)F)n2)cc1. The van der Waals surface area contributed by atoms with Crippen LogP contribution in [0, 0.1) is 0 Å². The van der Waals surface area contributed by atoms with Crippen LogP contribution < -0.4 is 5.32 Å². The molecule has 0 bridgehead atoms. The molecular formula is C29H24F3N5O4. The molecule has 2 heterocycles. The van der Waals surface area contributed by atoms with E-state index in [1.54, 1.807) is 58.3 Å². The summed E-state index contributed by atoms with van der Waals surface area (Å²) in [7, 11) is 0. The standard InChI is InChI=1S/C29H24F3N5O4/c30-29(31,32)28-34-24(35-41-28)19-11-13-20(14-12-19)25(38)33-17-23-18-36(26(39)21-7-3-1-4-8-21)15-16-37(23)27(40)22-9-5-2-6-10-22/h1-14,23H,15-18H2,(H,33,38). The quantitative estimate of drug-likeness (QED) is 0.378. The molecule has 3 amide bonds. The van der Waals surface area contributed by atoms with Crippen molar-refractivity contribution in [3.05, 3.63) is 108 Å². The van der Waals surface area contributed by atoms with Gasteiger partial charge in [-0.3, -0.25) is 14.4 Å². The number of nitrogens with zero attached hydrogens (tertiary/aromatic N) is 4. The summed E-state index contributed by atoms with van der Waals surface area (Å²) in [5.41, 5.74) is 1.50. The average molecular weight is 564 g/mol. The molecule has 3 aromatic carbocycles. The van der Waals surface area contributed by atoms with Gasteiger partial charge in [0.25, 0.3) is 17.7 Å². The van der Waals surface area contributed by atoms with Crippen LogP contribution in [0.2, 0.25) is 0 Å².